The number of fused-ring (bicyclic) bond motifs is 1. The zero-order chi connectivity index (χ0) is 17.4. The number of aromatic nitrogens is 2. The smallest absolute Gasteiger partial charge is 0.143 e. The van der Waals surface area contributed by atoms with Crippen molar-refractivity contribution < 1.29 is 5.11 Å². The third-order valence-corrected chi connectivity index (χ3v) is 4.24. The second kappa shape index (κ2) is 5.98. The van der Waals surface area contributed by atoms with Gasteiger partial charge in [-0.05, 0) is 67.9 Å². The second-order valence-electron chi connectivity index (χ2n) is 6.28. The molecule has 0 aliphatic heterocycles. The highest BCUT2D eigenvalue weighted by Gasteiger charge is 2.14. The third kappa shape index (κ3) is 2.94. The van der Waals surface area contributed by atoms with Gasteiger partial charge in [0, 0.05) is 17.4 Å². The summed E-state index contributed by atoms with van der Waals surface area (Å²) in [5.74, 6) is 1.15. The fourth-order valence-electron chi connectivity index (χ4n) is 2.86. The van der Waals surface area contributed by atoms with E-state index in [4.69, 9.17) is 4.98 Å². The zero-order valence-corrected chi connectivity index (χ0v) is 14.2. The molecular weight excluding hydrogens is 310 g/mol. The van der Waals surface area contributed by atoms with Gasteiger partial charge in [-0.25, -0.2) is 4.98 Å². The molecule has 4 nitrogen and oxygen atoms in total. The van der Waals surface area contributed by atoms with Crippen LogP contribution in [0.3, 0.4) is 0 Å². The molecule has 2 heterocycles. The predicted molar refractivity (Wildman–Crippen MR) is 101 cm³/mol. The summed E-state index contributed by atoms with van der Waals surface area (Å²) < 4.78 is 2.05. The van der Waals surface area contributed by atoms with Gasteiger partial charge in [-0.3, -0.25) is 4.40 Å². The molecule has 0 radical (unpaired) electrons. The van der Waals surface area contributed by atoms with Crippen LogP contribution in [0, 0.1) is 13.8 Å². The molecule has 2 N–H and O–H groups in total. The monoisotopic (exact) mass is 329 g/mol. The number of hydrogen-bond donors (Lipinski definition) is 2. The normalized spacial score (nSPS) is 11.0. The fourth-order valence-corrected chi connectivity index (χ4v) is 2.86. The number of aromatic hydroxyl groups is 1. The Morgan fingerprint density at radius 1 is 0.880 bits per heavy atom. The van der Waals surface area contributed by atoms with Crippen molar-refractivity contribution in [2.75, 3.05) is 5.32 Å². The van der Waals surface area contributed by atoms with E-state index in [1.807, 2.05) is 18.3 Å². The molecule has 25 heavy (non-hydrogen) atoms. The van der Waals surface area contributed by atoms with E-state index >= 15 is 0 Å². The van der Waals surface area contributed by atoms with Gasteiger partial charge >= 0.3 is 0 Å². The second-order valence-corrected chi connectivity index (χ2v) is 6.28. The molecule has 0 saturated heterocycles. The Bertz CT molecular complexity index is 1030. The number of nitrogens with zero attached hydrogens (tertiary/aromatic N) is 2. The quantitative estimate of drug-likeness (QED) is 0.552. The van der Waals surface area contributed by atoms with Crippen molar-refractivity contribution in [3.05, 3.63) is 78.0 Å². The van der Waals surface area contributed by atoms with Crippen molar-refractivity contribution in [2.24, 2.45) is 0 Å². The van der Waals surface area contributed by atoms with Gasteiger partial charge in [-0.2, -0.15) is 0 Å². The topological polar surface area (TPSA) is 49.6 Å². The number of aryl methyl sites for hydroxylation is 2. The van der Waals surface area contributed by atoms with Crippen molar-refractivity contribution in [2.45, 2.75) is 13.8 Å². The summed E-state index contributed by atoms with van der Waals surface area (Å²) in [5.41, 5.74) is 6.08. The van der Waals surface area contributed by atoms with E-state index in [1.165, 1.54) is 5.56 Å². The summed E-state index contributed by atoms with van der Waals surface area (Å²) in [6.07, 6.45) is 2.03. The highest BCUT2D eigenvalue weighted by Crippen LogP contribution is 2.32. The molecule has 2 aromatic carbocycles. The van der Waals surface area contributed by atoms with Gasteiger partial charge in [-0.1, -0.05) is 17.7 Å². The highest BCUT2D eigenvalue weighted by molar-refractivity contribution is 5.80. The van der Waals surface area contributed by atoms with Crippen LogP contribution in [0.2, 0.25) is 0 Å². The summed E-state index contributed by atoms with van der Waals surface area (Å²) in [6.45, 7) is 4.13. The number of anilines is 2. The van der Waals surface area contributed by atoms with Gasteiger partial charge in [0.25, 0.3) is 0 Å². The van der Waals surface area contributed by atoms with Gasteiger partial charge in [0.1, 0.15) is 22.9 Å². The van der Waals surface area contributed by atoms with Crippen LogP contribution < -0.4 is 5.32 Å². The highest BCUT2D eigenvalue weighted by atomic mass is 16.3. The number of benzene rings is 2. The summed E-state index contributed by atoms with van der Waals surface area (Å²) in [4.78, 5) is 4.81. The van der Waals surface area contributed by atoms with Crippen LogP contribution in [0.15, 0.2) is 66.9 Å². The molecule has 0 fully saturated rings. The van der Waals surface area contributed by atoms with E-state index in [-0.39, 0.29) is 5.75 Å². The van der Waals surface area contributed by atoms with E-state index in [0.717, 1.165) is 34.0 Å². The molecule has 2 aromatic heterocycles. The van der Waals surface area contributed by atoms with E-state index in [0.29, 0.717) is 0 Å². The van der Waals surface area contributed by atoms with Crippen molar-refractivity contribution in [3.63, 3.8) is 0 Å². The first kappa shape index (κ1) is 15.3. The lowest BCUT2D eigenvalue weighted by Crippen LogP contribution is -1.97. The maximum absolute atomic E-state index is 9.57. The maximum atomic E-state index is 9.57. The number of imidazole rings is 1. The first-order valence-corrected chi connectivity index (χ1v) is 8.22. The molecule has 124 valence electrons. The molecule has 0 unspecified atom stereocenters. The molecule has 0 bridgehead atoms. The van der Waals surface area contributed by atoms with Gasteiger partial charge in [0.15, 0.2) is 0 Å². The number of hydrogen-bond acceptors (Lipinski definition) is 3. The molecule has 0 saturated carbocycles. The van der Waals surface area contributed by atoms with Crippen molar-refractivity contribution in [1.29, 1.82) is 0 Å². The van der Waals surface area contributed by atoms with Crippen molar-refractivity contribution >= 4 is 17.2 Å². The third-order valence-electron chi connectivity index (χ3n) is 4.24. The van der Waals surface area contributed by atoms with Crippen molar-refractivity contribution in [3.8, 4) is 17.0 Å². The van der Waals surface area contributed by atoms with Crippen LogP contribution in [-0.4, -0.2) is 14.5 Å². The number of phenolic OH excluding ortho intramolecular Hbond substituents is 1. The zero-order valence-electron chi connectivity index (χ0n) is 14.2. The summed E-state index contributed by atoms with van der Waals surface area (Å²) in [6, 6.07) is 19.5. The Hall–Kier alpha value is -3.27. The number of phenols is 1. The first-order valence-electron chi connectivity index (χ1n) is 8.22. The average molecular weight is 329 g/mol. The molecule has 0 spiro atoms. The Kier molecular flexibility index (Phi) is 3.65. The number of nitrogens with one attached hydrogen (secondary N) is 1. The number of pyridine rings is 1. The van der Waals surface area contributed by atoms with Crippen LogP contribution in [0.25, 0.3) is 16.9 Å². The van der Waals surface area contributed by atoms with Crippen LogP contribution in [0.1, 0.15) is 11.1 Å². The molecular formula is C21H19N3O. The van der Waals surface area contributed by atoms with E-state index in [2.05, 4.69) is 60.0 Å². The molecule has 4 rings (SSSR count). The molecule has 0 amide bonds. The van der Waals surface area contributed by atoms with E-state index in [1.54, 1.807) is 12.1 Å². The fraction of sp³-hybridized carbons (Fsp3) is 0.0952. The summed E-state index contributed by atoms with van der Waals surface area (Å²) >= 11 is 0. The summed E-state index contributed by atoms with van der Waals surface area (Å²) in [5, 5.41) is 13.1. The Balaban J connectivity index is 1.88. The largest absolute Gasteiger partial charge is 0.508 e. The van der Waals surface area contributed by atoms with Gasteiger partial charge in [-0.15, -0.1) is 0 Å². The minimum absolute atomic E-state index is 0.247. The Morgan fingerprint density at radius 3 is 2.32 bits per heavy atom. The lowest BCUT2D eigenvalue weighted by Gasteiger charge is -2.09. The molecule has 4 aromatic rings. The van der Waals surface area contributed by atoms with Crippen molar-refractivity contribution in [1.82, 2.24) is 9.38 Å². The number of rotatable bonds is 3. The minimum atomic E-state index is 0.247. The lowest BCUT2D eigenvalue weighted by molar-refractivity contribution is 0.475. The average Bonchev–Trinajstić information content (AvgIpc) is 2.95. The van der Waals surface area contributed by atoms with E-state index < -0.39 is 0 Å². The summed E-state index contributed by atoms with van der Waals surface area (Å²) in [7, 11) is 0. The minimum Gasteiger partial charge on any atom is -0.508 e. The van der Waals surface area contributed by atoms with Crippen LogP contribution >= 0.6 is 0 Å². The lowest BCUT2D eigenvalue weighted by atomic mass is 10.1. The standard InChI is InChI=1S/C21H19N3O/c1-14-3-7-17(8-4-14)22-21-20(16-5-9-18(25)10-6-16)23-19-13-15(2)11-12-24(19)21/h3-13,22,25H,1-2H3. The van der Waals surface area contributed by atoms with Crippen LogP contribution in [-0.2, 0) is 0 Å². The van der Waals surface area contributed by atoms with Crippen LogP contribution in [0.4, 0.5) is 11.5 Å². The molecule has 0 aliphatic rings. The molecule has 0 atom stereocenters. The van der Waals surface area contributed by atoms with E-state index in [9.17, 15) is 5.11 Å². The van der Waals surface area contributed by atoms with Crippen LogP contribution in [0.5, 0.6) is 5.75 Å². The Morgan fingerprint density at radius 2 is 1.60 bits per heavy atom. The molecule has 0 aliphatic carbocycles. The van der Waals surface area contributed by atoms with Gasteiger partial charge in [0.2, 0.25) is 0 Å². The Labute approximate surface area is 146 Å². The predicted octanol–water partition coefficient (Wildman–Crippen LogP) is 5.07. The molecule has 4 heteroatoms. The first-order chi connectivity index (χ1) is 12.1. The van der Waals surface area contributed by atoms with Gasteiger partial charge in [0.05, 0.1) is 0 Å². The van der Waals surface area contributed by atoms with Gasteiger partial charge < -0.3 is 10.4 Å². The SMILES string of the molecule is Cc1ccc(Nc2c(-c3ccc(O)cc3)nc3cc(C)ccn23)cc1. The maximum Gasteiger partial charge on any atom is 0.143 e.